The second kappa shape index (κ2) is 18.7. The summed E-state index contributed by atoms with van der Waals surface area (Å²) in [5.74, 6) is -5.19. The summed E-state index contributed by atoms with van der Waals surface area (Å²) in [6.07, 6.45) is -5.66. The Kier molecular flexibility index (Phi) is 15.1. The maximum atomic E-state index is 14.9. The lowest BCUT2D eigenvalue weighted by Crippen LogP contribution is -2.71. The van der Waals surface area contributed by atoms with E-state index in [1.807, 2.05) is 53.0 Å². The normalized spacial score (nSPS) is 21.1. The molecule has 330 valence electrons. The summed E-state index contributed by atoms with van der Waals surface area (Å²) in [7, 11) is -5.31. The molecular formula is C44H63NO13Si2. The highest BCUT2D eigenvalue weighted by Crippen LogP contribution is 2.44. The van der Waals surface area contributed by atoms with Crippen LogP contribution in [0.1, 0.15) is 79.9 Å². The minimum Gasteiger partial charge on any atom is -0.456 e. The van der Waals surface area contributed by atoms with Crippen molar-refractivity contribution in [1.29, 1.82) is 0 Å². The van der Waals surface area contributed by atoms with Crippen molar-refractivity contribution < 1.29 is 56.1 Å². The highest BCUT2D eigenvalue weighted by molar-refractivity contribution is 6.74. The van der Waals surface area contributed by atoms with Crippen molar-refractivity contribution in [3.8, 4) is 5.75 Å². The van der Waals surface area contributed by atoms with Gasteiger partial charge in [0.25, 0.3) is 0 Å². The van der Waals surface area contributed by atoms with Crippen LogP contribution in [-0.2, 0) is 53.6 Å². The lowest BCUT2D eigenvalue weighted by atomic mass is 9.88. The van der Waals surface area contributed by atoms with Gasteiger partial charge in [0.2, 0.25) is 5.91 Å². The van der Waals surface area contributed by atoms with Crippen LogP contribution >= 0.6 is 0 Å². The average Bonchev–Trinajstić information content (AvgIpc) is 3.11. The van der Waals surface area contributed by atoms with Gasteiger partial charge in [-0.3, -0.25) is 14.4 Å². The zero-order chi connectivity index (χ0) is 45.0. The highest BCUT2D eigenvalue weighted by Gasteiger charge is 2.61. The highest BCUT2D eigenvalue weighted by atomic mass is 28.4. The molecule has 14 nitrogen and oxygen atoms in total. The number of rotatable bonds is 15. The number of hydrogen-bond acceptors (Lipinski definition) is 13. The van der Waals surface area contributed by atoms with Crippen LogP contribution in [-0.4, -0.2) is 83.3 Å². The third kappa shape index (κ3) is 11.9. The molecule has 0 saturated carbocycles. The molecule has 16 heteroatoms. The maximum absolute atomic E-state index is 14.9. The van der Waals surface area contributed by atoms with Crippen molar-refractivity contribution in [2.24, 2.45) is 0 Å². The van der Waals surface area contributed by atoms with Gasteiger partial charge in [-0.05, 0) is 66.4 Å². The monoisotopic (exact) mass is 869 g/mol. The van der Waals surface area contributed by atoms with Crippen molar-refractivity contribution in [2.45, 2.75) is 155 Å². The number of nitrogens with one attached hydrogen (secondary N) is 1. The minimum absolute atomic E-state index is 0.0672. The molecule has 0 unspecified atom stereocenters. The molecule has 2 aromatic carbocycles. The zero-order valence-corrected chi connectivity index (χ0v) is 39.5. The van der Waals surface area contributed by atoms with E-state index in [4.69, 9.17) is 37.0 Å². The topological polar surface area (TPSA) is 175 Å². The molecule has 0 bridgehead atoms. The van der Waals surface area contributed by atoms with E-state index in [2.05, 4.69) is 26.1 Å². The first-order valence-electron chi connectivity index (χ1n) is 20.2. The van der Waals surface area contributed by atoms with Gasteiger partial charge in [-0.1, -0.05) is 71.9 Å². The summed E-state index contributed by atoms with van der Waals surface area (Å²) in [6, 6.07) is 14.0. The molecule has 0 aliphatic carbocycles. The van der Waals surface area contributed by atoms with E-state index in [0.717, 1.165) is 0 Å². The lowest BCUT2D eigenvalue weighted by Gasteiger charge is -2.51. The number of hydrogen-bond donors (Lipinski definition) is 1. The van der Waals surface area contributed by atoms with Gasteiger partial charge >= 0.3 is 29.3 Å². The minimum atomic E-state index is -2.78. The Morgan fingerprint density at radius 2 is 1.48 bits per heavy atom. The molecule has 3 aromatic rings. The summed E-state index contributed by atoms with van der Waals surface area (Å²) < 4.78 is 50.7. The quantitative estimate of drug-likeness (QED) is 0.0689. The predicted octanol–water partition coefficient (Wildman–Crippen LogP) is 7.49. The zero-order valence-electron chi connectivity index (χ0n) is 37.5. The fourth-order valence-electron chi connectivity index (χ4n) is 6.39. The van der Waals surface area contributed by atoms with E-state index < -0.39 is 82.3 Å². The van der Waals surface area contributed by atoms with E-state index in [1.165, 1.54) is 32.9 Å². The van der Waals surface area contributed by atoms with Gasteiger partial charge in [-0.15, -0.1) is 0 Å². The molecular weight excluding hydrogens is 807 g/mol. The van der Waals surface area contributed by atoms with E-state index in [1.54, 1.807) is 43.3 Å². The molecule has 1 amide bonds. The molecule has 1 aromatic heterocycles. The van der Waals surface area contributed by atoms with Crippen molar-refractivity contribution in [3.63, 3.8) is 0 Å². The summed E-state index contributed by atoms with van der Waals surface area (Å²) in [5.41, 5.74) is 0.959. The number of amides is 1. The fourth-order valence-corrected chi connectivity index (χ4v) is 8.74. The Hall–Kier alpha value is -4.36. The Labute approximate surface area is 355 Å². The first-order chi connectivity index (χ1) is 27.6. The van der Waals surface area contributed by atoms with E-state index in [9.17, 15) is 24.0 Å². The lowest BCUT2D eigenvalue weighted by molar-refractivity contribution is -0.288. The number of carbonyl (C=O) groups excluding carboxylic acids is 4. The number of fused-ring (bicyclic) bond motifs is 1. The van der Waals surface area contributed by atoms with Gasteiger partial charge < -0.3 is 42.3 Å². The summed E-state index contributed by atoms with van der Waals surface area (Å²) in [6.45, 7) is 25.5. The van der Waals surface area contributed by atoms with Crippen LogP contribution in [0.2, 0.25) is 36.3 Å². The standard InChI is InChI=1S/C44H63NO13Si2/c1-27-22-37(49)55-34-23-32(20-21-33(27)34)56-44(41(50)51-25-31-18-16-15-17-19-31)24-35(58-60(13,14)43(8,9)10)38(45-28(2)46)40(57-44)39(54-30(4)48)36(53-29(3)47)26-52-59(11,12)42(5,6)7/h15-23,35-36,38-40H,24-26H2,1-14H3,(H,45,46)/t35-,36+,38+,39+,40+,44+/m0/s1. The van der Waals surface area contributed by atoms with Crippen LogP contribution in [0.4, 0.5) is 0 Å². The van der Waals surface area contributed by atoms with Gasteiger partial charge in [-0.2, -0.15) is 0 Å². The van der Waals surface area contributed by atoms with Crippen LogP contribution in [0.5, 0.6) is 5.75 Å². The summed E-state index contributed by atoms with van der Waals surface area (Å²) in [5, 5.41) is 2.98. The third-order valence-electron chi connectivity index (χ3n) is 11.6. The molecule has 60 heavy (non-hydrogen) atoms. The largest absolute Gasteiger partial charge is 0.456 e. The predicted molar refractivity (Wildman–Crippen MR) is 230 cm³/mol. The number of esters is 3. The molecule has 0 spiro atoms. The first kappa shape index (κ1) is 48.3. The van der Waals surface area contributed by atoms with Crippen LogP contribution in [0.25, 0.3) is 11.0 Å². The maximum Gasteiger partial charge on any atom is 0.380 e. The molecule has 1 N–H and O–H groups in total. The van der Waals surface area contributed by atoms with Crippen molar-refractivity contribution >= 4 is 51.4 Å². The summed E-state index contributed by atoms with van der Waals surface area (Å²) in [4.78, 5) is 66.5. The van der Waals surface area contributed by atoms with E-state index >= 15 is 0 Å². The Morgan fingerprint density at radius 3 is 2.05 bits per heavy atom. The van der Waals surface area contributed by atoms with Gasteiger partial charge in [0, 0.05) is 38.3 Å². The van der Waals surface area contributed by atoms with Crippen LogP contribution in [0.15, 0.2) is 63.8 Å². The molecule has 4 rings (SSSR count). The molecule has 6 atom stereocenters. The fraction of sp³-hybridized carbons (Fsp3) is 0.568. The van der Waals surface area contributed by atoms with Crippen LogP contribution < -0.4 is 15.7 Å². The molecule has 1 aliphatic heterocycles. The molecule has 1 fully saturated rings. The van der Waals surface area contributed by atoms with Crippen LogP contribution in [0, 0.1) is 6.92 Å². The van der Waals surface area contributed by atoms with Crippen molar-refractivity contribution in [1.82, 2.24) is 5.32 Å². The average molecular weight is 870 g/mol. The number of ether oxygens (including phenoxy) is 5. The Balaban J connectivity index is 2.01. The molecule has 1 saturated heterocycles. The molecule has 0 radical (unpaired) electrons. The first-order valence-corrected chi connectivity index (χ1v) is 26.0. The van der Waals surface area contributed by atoms with Crippen LogP contribution in [0.3, 0.4) is 0 Å². The number of benzene rings is 2. The second-order valence-electron chi connectivity index (χ2n) is 18.5. The van der Waals surface area contributed by atoms with Gasteiger partial charge in [0.15, 0.2) is 28.8 Å². The van der Waals surface area contributed by atoms with Crippen molar-refractivity contribution in [2.75, 3.05) is 6.61 Å². The van der Waals surface area contributed by atoms with Gasteiger partial charge in [0.1, 0.15) is 24.0 Å². The number of aryl methyl sites for hydroxylation is 1. The molecule has 2 heterocycles. The van der Waals surface area contributed by atoms with E-state index in [-0.39, 0.29) is 41.0 Å². The molecule has 1 aliphatic rings. The van der Waals surface area contributed by atoms with Gasteiger partial charge in [-0.25, -0.2) is 9.59 Å². The SMILES string of the molecule is CC(=O)N[C@H]1[C@H]([C@H](OC(C)=O)[C@@H](CO[Si](C)(C)C(C)(C)C)OC(C)=O)O[C@@](Oc2ccc3c(C)cc(=O)oc3c2)(C(=O)OCc2ccccc2)C[C@@H]1O[Si](C)(C)C(C)(C)C. The smallest absolute Gasteiger partial charge is 0.380 e. The summed E-state index contributed by atoms with van der Waals surface area (Å²) >= 11 is 0. The Bertz CT molecular complexity index is 2070. The van der Waals surface area contributed by atoms with E-state index in [0.29, 0.717) is 16.5 Å². The second-order valence-corrected chi connectivity index (χ2v) is 28.1. The van der Waals surface area contributed by atoms with Gasteiger partial charge in [0.05, 0.1) is 25.2 Å². The third-order valence-corrected chi connectivity index (χ3v) is 20.6. The van der Waals surface area contributed by atoms with Crippen molar-refractivity contribution in [3.05, 3.63) is 76.1 Å². The number of carbonyl (C=O) groups is 4. The Morgan fingerprint density at radius 1 is 0.867 bits per heavy atom.